The van der Waals surface area contributed by atoms with E-state index < -0.39 is 17.8 Å². The lowest BCUT2D eigenvalue weighted by atomic mass is 10.1. The van der Waals surface area contributed by atoms with E-state index in [1.54, 1.807) is 37.4 Å². The van der Waals surface area contributed by atoms with Crippen LogP contribution in [0.4, 0.5) is 0 Å². The van der Waals surface area contributed by atoms with E-state index in [0.29, 0.717) is 10.8 Å². The van der Waals surface area contributed by atoms with Crippen LogP contribution in [0.2, 0.25) is 0 Å². The highest BCUT2D eigenvalue weighted by Gasteiger charge is 2.39. The maximum Gasteiger partial charge on any atom is 0.385 e. The second kappa shape index (κ2) is 5.88. The highest BCUT2D eigenvalue weighted by atomic mass is 16.7. The molecule has 0 saturated heterocycles. The maximum absolute atomic E-state index is 12.4. The normalized spacial score (nSPS) is 13.0. The fourth-order valence-corrected chi connectivity index (χ4v) is 2.53. The molecule has 9 nitrogen and oxygen atoms in total. The number of carbonyl (C=O) groups is 3. The minimum Gasteiger partial charge on any atom is -0.322 e. The number of rotatable bonds is 3. The van der Waals surface area contributed by atoms with Gasteiger partial charge in [-0.2, -0.15) is 5.10 Å². The third-order valence-electron chi connectivity index (χ3n) is 3.78. The zero-order chi connectivity index (χ0) is 18.3. The molecule has 2 amide bonds. The molecule has 1 aliphatic rings. The number of aryl methyl sites for hydroxylation is 1. The summed E-state index contributed by atoms with van der Waals surface area (Å²) in [6, 6.07) is 9.65. The number of aromatic nitrogens is 4. The van der Waals surface area contributed by atoms with Gasteiger partial charge >= 0.3 is 5.97 Å². The van der Waals surface area contributed by atoms with Crippen molar-refractivity contribution in [1.82, 2.24) is 25.0 Å². The summed E-state index contributed by atoms with van der Waals surface area (Å²) in [6.07, 6.45) is 3.12. The van der Waals surface area contributed by atoms with E-state index >= 15 is 0 Å². The summed E-state index contributed by atoms with van der Waals surface area (Å²) in [5.74, 6) is -2.35. The molecule has 0 unspecified atom stereocenters. The molecule has 3 aromatic rings. The molecule has 0 saturated carbocycles. The number of hydroxylamine groups is 2. The molecule has 3 heterocycles. The van der Waals surface area contributed by atoms with Crippen molar-refractivity contribution in [1.29, 1.82) is 0 Å². The van der Waals surface area contributed by atoms with Crippen molar-refractivity contribution in [3.63, 3.8) is 0 Å². The number of hydrogen-bond donors (Lipinski definition) is 0. The van der Waals surface area contributed by atoms with Crippen LogP contribution >= 0.6 is 0 Å². The fourth-order valence-electron chi connectivity index (χ4n) is 2.53. The molecule has 0 bridgehead atoms. The number of hydrogen-bond acceptors (Lipinski definition) is 7. The molecule has 1 aromatic carbocycles. The molecule has 0 spiro atoms. The summed E-state index contributed by atoms with van der Waals surface area (Å²) in [4.78, 5) is 47.1. The Kier molecular flexibility index (Phi) is 3.54. The number of pyridine rings is 1. The summed E-state index contributed by atoms with van der Waals surface area (Å²) < 4.78 is 0. The molecular weight excluding hydrogens is 338 g/mol. The number of benzene rings is 1. The lowest BCUT2D eigenvalue weighted by molar-refractivity contribution is -0.0589. The van der Waals surface area contributed by atoms with Crippen LogP contribution in [0.5, 0.6) is 0 Å². The average molecular weight is 349 g/mol. The number of fused-ring (bicyclic) bond motifs is 1. The molecule has 9 heteroatoms. The van der Waals surface area contributed by atoms with Gasteiger partial charge in [0, 0.05) is 6.20 Å². The molecule has 0 fully saturated rings. The summed E-state index contributed by atoms with van der Waals surface area (Å²) in [7, 11) is 0. The predicted octanol–water partition coefficient (Wildman–Crippen LogP) is 1.34. The summed E-state index contributed by atoms with van der Waals surface area (Å²) in [5.41, 5.74) is 1.10. The van der Waals surface area contributed by atoms with Gasteiger partial charge in [0.25, 0.3) is 11.8 Å². The maximum atomic E-state index is 12.4. The van der Waals surface area contributed by atoms with Crippen LogP contribution in [-0.2, 0) is 4.84 Å². The van der Waals surface area contributed by atoms with Crippen molar-refractivity contribution in [2.45, 2.75) is 6.92 Å². The summed E-state index contributed by atoms with van der Waals surface area (Å²) in [5, 5.41) is 8.63. The van der Waals surface area contributed by atoms with E-state index in [1.165, 1.54) is 23.1 Å². The topological polar surface area (TPSA) is 107 Å². The first-order valence-electron chi connectivity index (χ1n) is 7.60. The molecule has 2 aromatic heterocycles. The van der Waals surface area contributed by atoms with Gasteiger partial charge < -0.3 is 4.84 Å². The van der Waals surface area contributed by atoms with E-state index in [4.69, 9.17) is 4.84 Å². The van der Waals surface area contributed by atoms with Crippen LogP contribution < -0.4 is 0 Å². The zero-order valence-corrected chi connectivity index (χ0v) is 13.5. The Labute approximate surface area is 146 Å². The van der Waals surface area contributed by atoms with Crippen molar-refractivity contribution in [2.75, 3.05) is 0 Å². The number of nitrogens with zero attached hydrogens (tertiary/aromatic N) is 5. The first-order valence-corrected chi connectivity index (χ1v) is 7.60. The number of amides is 2. The Bertz CT molecular complexity index is 1010. The molecule has 1 aliphatic heterocycles. The Morgan fingerprint density at radius 1 is 1.00 bits per heavy atom. The van der Waals surface area contributed by atoms with Crippen LogP contribution in [0, 0.1) is 6.92 Å². The quantitative estimate of drug-likeness (QED) is 0.657. The van der Waals surface area contributed by atoms with Crippen molar-refractivity contribution < 1.29 is 19.2 Å². The van der Waals surface area contributed by atoms with Crippen molar-refractivity contribution in [3.8, 4) is 5.69 Å². The van der Waals surface area contributed by atoms with Gasteiger partial charge in [0.05, 0.1) is 23.0 Å². The van der Waals surface area contributed by atoms with E-state index in [9.17, 15) is 14.4 Å². The van der Waals surface area contributed by atoms with Gasteiger partial charge in [-0.25, -0.2) is 4.79 Å². The van der Waals surface area contributed by atoms with Crippen LogP contribution in [0.15, 0.2) is 48.8 Å². The van der Waals surface area contributed by atoms with E-state index in [2.05, 4.69) is 15.2 Å². The Morgan fingerprint density at radius 2 is 1.69 bits per heavy atom. The Hall–Kier alpha value is -3.88. The number of imide groups is 1. The molecule has 26 heavy (non-hydrogen) atoms. The zero-order valence-electron chi connectivity index (χ0n) is 13.5. The predicted molar refractivity (Wildman–Crippen MR) is 86.2 cm³/mol. The summed E-state index contributed by atoms with van der Waals surface area (Å²) in [6.45, 7) is 1.57. The standard InChI is InChI=1S/C17H11N5O4/c1-10-14(20-22(19-10)11-5-4-8-18-9-11)17(25)26-21-15(23)12-6-2-3-7-13(12)16(21)24/h2-9H,1H3. The van der Waals surface area contributed by atoms with E-state index in [1.807, 2.05) is 0 Å². The molecule has 0 radical (unpaired) electrons. The lowest BCUT2D eigenvalue weighted by Gasteiger charge is -2.11. The van der Waals surface area contributed by atoms with Crippen LogP contribution in [0.25, 0.3) is 5.69 Å². The van der Waals surface area contributed by atoms with Crippen LogP contribution in [0.1, 0.15) is 36.9 Å². The number of carbonyl (C=O) groups excluding carboxylic acids is 3. The van der Waals surface area contributed by atoms with Gasteiger partial charge in [0.1, 0.15) is 5.69 Å². The molecule has 0 aliphatic carbocycles. The molecule has 4 rings (SSSR count). The second-order valence-electron chi connectivity index (χ2n) is 5.46. The SMILES string of the molecule is Cc1nn(-c2cccnc2)nc1C(=O)ON1C(=O)c2ccccc2C1=O. The minimum atomic E-state index is -0.952. The van der Waals surface area contributed by atoms with Crippen LogP contribution in [-0.4, -0.2) is 42.8 Å². The smallest absolute Gasteiger partial charge is 0.322 e. The van der Waals surface area contributed by atoms with Gasteiger partial charge in [-0.05, 0) is 31.2 Å². The Balaban J connectivity index is 1.59. The van der Waals surface area contributed by atoms with Crippen molar-refractivity contribution >= 4 is 17.8 Å². The lowest BCUT2D eigenvalue weighted by Crippen LogP contribution is -2.33. The monoisotopic (exact) mass is 349 g/mol. The van der Waals surface area contributed by atoms with Gasteiger partial charge in [-0.1, -0.05) is 17.2 Å². The largest absolute Gasteiger partial charge is 0.385 e. The second-order valence-corrected chi connectivity index (χ2v) is 5.46. The molecular formula is C17H11N5O4. The molecule has 0 atom stereocenters. The van der Waals surface area contributed by atoms with Crippen LogP contribution in [0.3, 0.4) is 0 Å². The summed E-state index contributed by atoms with van der Waals surface area (Å²) >= 11 is 0. The van der Waals surface area contributed by atoms with Crippen molar-refractivity contribution in [3.05, 3.63) is 71.3 Å². The minimum absolute atomic E-state index is 0.106. The third-order valence-corrected chi connectivity index (χ3v) is 3.78. The average Bonchev–Trinajstić information content (AvgIpc) is 3.17. The van der Waals surface area contributed by atoms with E-state index in [0.717, 1.165) is 0 Å². The van der Waals surface area contributed by atoms with Gasteiger partial charge in [-0.3, -0.25) is 14.6 Å². The molecule has 0 N–H and O–H groups in total. The van der Waals surface area contributed by atoms with Gasteiger partial charge in [-0.15, -0.1) is 9.90 Å². The first kappa shape index (κ1) is 15.6. The highest BCUT2D eigenvalue weighted by Crippen LogP contribution is 2.23. The highest BCUT2D eigenvalue weighted by molar-refractivity contribution is 6.21. The third kappa shape index (κ3) is 2.42. The van der Waals surface area contributed by atoms with Gasteiger partial charge in [0.15, 0.2) is 5.69 Å². The first-order chi connectivity index (χ1) is 12.6. The van der Waals surface area contributed by atoms with E-state index in [-0.39, 0.29) is 22.5 Å². The molecule has 128 valence electrons. The fraction of sp³-hybridized carbons (Fsp3) is 0.0588. The van der Waals surface area contributed by atoms with Crippen molar-refractivity contribution in [2.24, 2.45) is 0 Å². The Morgan fingerprint density at radius 3 is 2.31 bits per heavy atom. The van der Waals surface area contributed by atoms with Gasteiger partial charge in [0.2, 0.25) is 0 Å².